The number of Topliss-reactive ketones (excluding diaryl/α,β-unsaturated/α-hetero) is 2. The zero-order valence-corrected chi connectivity index (χ0v) is 21.7. The molecule has 0 bridgehead atoms. The molecule has 2 rings (SSSR count). The first kappa shape index (κ1) is 29.5. The number of rotatable bonds is 16. The Labute approximate surface area is 216 Å². The van der Waals surface area contributed by atoms with Crippen LogP contribution in [-0.2, 0) is 35.0 Å². The molecule has 1 aliphatic rings. The molecule has 0 saturated carbocycles. The number of ketones is 2. The maximum Gasteiger partial charge on any atom is 0.310 e. The molecular weight excluding hydrogens is 482 g/mol. The van der Waals surface area contributed by atoms with E-state index in [1.165, 1.54) is 32.4 Å². The number of carbonyl (C=O) groups excluding carboxylic acids is 3. The lowest BCUT2D eigenvalue weighted by molar-refractivity contribution is -0.385. The molecule has 0 spiro atoms. The number of benzene rings is 1. The third-order valence-corrected chi connectivity index (χ3v) is 6.26. The lowest BCUT2D eigenvalue weighted by Crippen LogP contribution is -2.25. The van der Waals surface area contributed by atoms with Gasteiger partial charge in [-0.3, -0.25) is 24.5 Å². The minimum Gasteiger partial charge on any atom is -0.502 e. The highest BCUT2D eigenvalue weighted by atomic mass is 16.6. The highest BCUT2D eigenvalue weighted by molar-refractivity contribution is 6.23. The number of methoxy groups -OCH3 is 2. The molecular formula is C27H35NO9. The number of phenols is 1. The average molecular weight is 518 g/mol. The van der Waals surface area contributed by atoms with Crippen LogP contribution in [-0.4, -0.2) is 48.4 Å². The predicted molar refractivity (Wildman–Crippen MR) is 135 cm³/mol. The van der Waals surface area contributed by atoms with Crippen molar-refractivity contribution in [3.63, 3.8) is 0 Å². The van der Waals surface area contributed by atoms with E-state index in [0.717, 1.165) is 51.4 Å². The number of nitrogens with zero attached hydrogens (tertiary/aromatic N) is 1. The first-order valence-electron chi connectivity index (χ1n) is 12.4. The van der Waals surface area contributed by atoms with E-state index in [4.69, 9.17) is 14.2 Å². The van der Waals surface area contributed by atoms with Crippen LogP contribution in [0.1, 0.15) is 70.3 Å². The van der Waals surface area contributed by atoms with Crippen molar-refractivity contribution in [2.75, 3.05) is 20.8 Å². The Morgan fingerprint density at radius 1 is 0.919 bits per heavy atom. The van der Waals surface area contributed by atoms with Gasteiger partial charge in [-0.25, -0.2) is 0 Å². The van der Waals surface area contributed by atoms with E-state index in [1.807, 2.05) is 0 Å². The Balaban J connectivity index is 1.55. The molecule has 1 aliphatic carbocycles. The van der Waals surface area contributed by atoms with Crippen molar-refractivity contribution in [2.24, 2.45) is 0 Å². The van der Waals surface area contributed by atoms with Crippen LogP contribution in [0, 0.1) is 10.1 Å². The molecule has 0 atom stereocenters. The fourth-order valence-electron chi connectivity index (χ4n) is 4.19. The number of esters is 1. The van der Waals surface area contributed by atoms with Crippen LogP contribution < -0.4 is 0 Å². The molecule has 0 radical (unpaired) electrons. The summed E-state index contributed by atoms with van der Waals surface area (Å²) in [7, 11) is 2.70. The molecule has 1 aromatic rings. The molecule has 0 aliphatic heterocycles. The second-order valence-corrected chi connectivity index (χ2v) is 8.88. The molecule has 202 valence electrons. The molecule has 0 aromatic heterocycles. The van der Waals surface area contributed by atoms with E-state index in [9.17, 15) is 29.6 Å². The average Bonchev–Trinajstić information content (AvgIpc) is 2.87. The Kier molecular flexibility index (Phi) is 11.8. The summed E-state index contributed by atoms with van der Waals surface area (Å²) in [4.78, 5) is 47.1. The van der Waals surface area contributed by atoms with E-state index in [1.54, 1.807) is 6.92 Å². The lowest BCUT2D eigenvalue weighted by atomic mass is 9.89. The number of carbonyl (C=O) groups is 3. The van der Waals surface area contributed by atoms with Gasteiger partial charge in [-0.2, -0.15) is 0 Å². The first-order valence-corrected chi connectivity index (χ1v) is 12.4. The van der Waals surface area contributed by atoms with Crippen LogP contribution in [0.3, 0.4) is 0 Å². The molecule has 0 amide bonds. The summed E-state index contributed by atoms with van der Waals surface area (Å²) < 4.78 is 15.4. The number of nitro benzene ring substituents is 1. The van der Waals surface area contributed by atoms with E-state index in [0.29, 0.717) is 29.7 Å². The summed E-state index contributed by atoms with van der Waals surface area (Å²) >= 11 is 0. The molecule has 1 aromatic carbocycles. The number of hydrogen-bond acceptors (Lipinski definition) is 9. The van der Waals surface area contributed by atoms with Gasteiger partial charge in [0.2, 0.25) is 23.1 Å². The fraction of sp³-hybridized carbons (Fsp3) is 0.519. The Hall–Kier alpha value is -3.69. The number of hydrogen-bond donors (Lipinski definition) is 1. The van der Waals surface area contributed by atoms with E-state index in [2.05, 4.69) is 0 Å². The minimum absolute atomic E-state index is 0.0249. The van der Waals surface area contributed by atoms with Gasteiger partial charge in [0.25, 0.3) is 0 Å². The molecule has 0 saturated heterocycles. The molecule has 0 fully saturated rings. The number of phenolic OH excluding ortho intramolecular Hbond substituents is 1. The van der Waals surface area contributed by atoms with Crippen molar-refractivity contribution in [1.29, 1.82) is 0 Å². The van der Waals surface area contributed by atoms with Gasteiger partial charge in [-0.15, -0.1) is 0 Å². The Morgan fingerprint density at radius 2 is 1.49 bits per heavy atom. The summed E-state index contributed by atoms with van der Waals surface area (Å²) in [5.74, 6) is -1.54. The molecule has 1 N–H and O–H groups in total. The zero-order chi connectivity index (χ0) is 27.4. The van der Waals surface area contributed by atoms with Gasteiger partial charge < -0.3 is 19.3 Å². The summed E-state index contributed by atoms with van der Waals surface area (Å²) in [6.45, 7) is 1.95. The van der Waals surface area contributed by atoms with E-state index in [-0.39, 0.29) is 29.5 Å². The summed E-state index contributed by atoms with van der Waals surface area (Å²) in [5.41, 5.74) is 0.900. The number of nitro groups is 1. The zero-order valence-electron chi connectivity index (χ0n) is 21.7. The van der Waals surface area contributed by atoms with Gasteiger partial charge in [-0.05, 0) is 37.8 Å². The van der Waals surface area contributed by atoms with Gasteiger partial charge in [0.1, 0.15) is 0 Å². The van der Waals surface area contributed by atoms with Crippen LogP contribution >= 0.6 is 0 Å². The Morgan fingerprint density at radius 3 is 2.08 bits per heavy atom. The third kappa shape index (κ3) is 8.44. The highest BCUT2D eigenvalue weighted by Crippen LogP contribution is 2.29. The van der Waals surface area contributed by atoms with Crippen LogP contribution in [0.4, 0.5) is 5.69 Å². The van der Waals surface area contributed by atoms with Crippen LogP contribution in [0.15, 0.2) is 40.9 Å². The summed E-state index contributed by atoms with van der Waals surface area (Å²) in [6, 6.07) is 3.83. The van der Waals surface area contributed by atoms with E-state index < -0.39 is 22.3 Å². The fourth-order valence-corrected chi connectivity index (χ4v) is 4.19. The molecule has 37 heavy (non-hydrogen) atoms. The SMILES string of the molecule is COC1=C(OC)C(=O)C(CCCCCCCCCCOC(=O)Cc2ccc(O)c([N+](=O)[O-])c2)=C(C)C1=O. The Bertz CT molecular complexity index is 1070. The smallest absolute Gasteiger partial charge is 0.310 e. The van der Waals surface area contributed by atoms with Crippen molar-refractivity contribution >= 4 is 23.2 Å². The number of unbranched alkanes of at least 4 members (excludes halogenated alkanes) is 7. The van der Waals surface area contributed by atoms with Gasteiger partial charge in [0.15, 0.2) is 5.75 Å². The summed E-state index contributed by atoms with van der Waals surface area (Å²) in [5, 5.41) is 20.3. The standard InChI is InChI=1S/C27H35NO9/c1-18-20(25(32)27(36-3)26(35-2)24(18)31)12-10-8-6-4-5-7-9-11-15-37-23(30)17-19-13-14-22(29)21(16-19)28(33)34/h13-14,16,29H,4-12,15,17H2,1-3H3. The molecule has 0 heterocycles. The van der Waals surface area contributed by atoms with E-state index >= 15 is 0 Å². The lowest BCUT2D eigenvalue weighted by Gasteiger charge is -2.20. The van der Waals surface area contributed by atoms with Gasteiger partial charge in [-0.1, -0.05) is 44.6 Å². The van der Waals surface area contributed by atoms with Crippen molar-refractivity contribution in [3.05, 3.63) is 56.5 Å². The number of ether oxygens (including phenoxy) is 3. The third-order valence-electron chi connectivity index (χ3n) is 6.26. The quantitative estimate of drug-likeness (QED) is 0.107. The molecule has 0 unspecified atom stereocenters. The topological polar surface area (TPSA) is 142 Å². The number of aromatic hydroxyl groups is 1. The minimum atomic E-state index is -0.699. The van der Waals surface area contributed by atoms with Crippen molar-refractivity contribution in [1.82, 2.24) is 0 Å². The van der Waals surface area contributed by atoms with Crippen LogP contribution in [0.2, 0.25) is 0 Å². The van der Waals surface area contributed by atoms with Gasteiger partial charge in [0, 0.05) is 17.2 Å². The maximum atomic E-state index is 12.6. The molecule has 10 heteroatoms. The summed E-state index contributed by atoms with van der Waals surface area (Å²) in [6.07, 6.45) is 8.02. The van der Waals surface area contributed by atoms with Gasteiger partial charge in [0.05, 0.1) is 32.2 Å². The van der Waals surface area contributed by atoms with Crippen LogP contribution in [0.25, 0.3) is 0 Å². The second kappa shape index (κ2) is 14.8. The molecule has 10 nitrogen and oxygen atoms in total. The monoisotopic (exact) mass is 517 g/mol. The van der Waals surface area contributed by atoms with Crippen LogP contribution in [0.5, 0.6) is 5.75 Å². The number of allylic oxidation sites excluding steroid dienone is 2. The maximum absolute atomic E-state index is 12.6. The van der Waals surface area contributed by atoms with Crippen molar-refractivity contribution < 1.29 is 38.6 Å². The van der Waals surface area contributed by atoms with Gasteiger partial charge >= 0.3 is 11.7 Å². The van der Waals surface area contributed by atoms with Crippen molar-refractivity contribution in [2.45, 2.75) is 71.1 Å². The largest absolute Gasteiger partial charge is 0.502 e. The highest BCUT2D eigenvalue weighted by Gasteiger charge is 2.34. The first-order chi connectivity index (χ1) is 17.7. The van der Waals surface area contributed by atoms with Crippen molar-refractivity contribution in [3.8, 4) is 5.75 Å². The second-order valence-electron chi connectivity index (χ2n) is 8.88. The predicted octanol–water partition coefficient (Wildman–Crippen LogP) is 4.87. The normalized spacial score (nSPS) is 13.7.